The molecule has 322 valence electrons. The van der Waals surface area contributed by atoms with Crippen LogP contribution in [0.15, 0.2) is 60.7 Å². The summed E-state index contributed by atoms with van der Waals surface area (Å²) in [4.78, 5) is 80.6. The van der Waals surface area contributed by atoms with Crippen molar-refractivity contribution >= 4 is 35.5 Å². The maximum absolute atomic E-state index is 13.9. The monoisotopic (exact) mass is 808 g/mol. The van der Waals surface area contributed by atoms with Gasteiger partial charge in [0.1, 0.15) is 30.8 Å². The average molecular weight is 808 g/mol. The molecule has 58 heavy (non-hydrogen) atoms. The number of esters is 1. The number of amides is 5. The number of hydrogen-bond donors (Lipinski definition) is 6. The van der Waals surface area contributed by atoms with E-state index in [1.54, 1.807) is 34.6 Å². The van der Waals surface area contributed by atoms with Crippen LogP contribution in [0, 0.1) is 29.6 Å². The first-order chi connectivity index (χ1) is 27.3. The Balaban J connectivity index is 2.24. The smallest absolute Gasteiger partial charge is 0.329 e. The Kier molecular flexibility index (Phi) is 21.2. The second-order valence-electron chi connectivity index (χ2n) is 16.9. The van der Waals surface area contributed by atoms with E-state index in [0.717, 1.165) is 11.1 Å². The van der Waals surface area contributed by atoms with Crippen LogP contribution in [0.5, 0.6) is 0 Å². The van der Waals surface area contributed by atoms with E-state index in [1.165, 1.54) is 0 Å². The van der Waals surface area contributed by atoms with E-state index in [2.05, 4.69) is 26.6 Å². The molecule has 0 aromatic heterocycles. The second-order valence-corrected chi connectivity index (χ2v) is 16.9. The third-order valence-electron chi connectivity index (χ3n) is 9.94. The van der Waals surface area contributed by atoms with Crippen LogP contribution < -0.4 is 26.6 Å². The highest BCUT2D eigenvalue weighted by Gasteiger charge is 2.35. The molecule has 2 aromatic carbocycles. The molecule has 0 aliphatic carbocycles. The summed E-state index contributed by atoms with van der Waals surface area (Å²) in [7, 11) is 0. The number of benzene rings is 2. The van der Waals surface area contributed by atoms with Crippen molar-refractivity contribution in [2.45, 2.75) is 144 Å². The van der Waals surface area contributed by atoms with Crippen LogP contribution in [0.2, 0.25) is 0 Å². The minimum absolute atomic E-state index is 0.0441. The summed E-state index contributed by atoms with van der Waals surface area (Å²) < 4.78 is 5.52. The zero-order valence-electron chi connectivity index (χ0n) is 36.2. The van der Waals surface area contributed by atoms with Crippen molar-refractivity contribution < 1.29 is 38.6 Å². The molecule has 0 aliphatic rings. The number of rotatable bonds is 24. The maximum atomic E-state index is 13.9. The van der Waals surface area contributed by atoms with Gasteiger partial charge in [-0.15, -0.1) is 0 Å². The third kappa shape index (κ3) is 17.4. The first-order valence-electron chi connectivity index (χ1n) is 20.7. The number of carbonyl (C=O) groups excluding carboxylic acids is 6. The second kappa shape index (κ2) is 24.9. The normalized spacial score (nSPS) is 15.1. The molecule has 13 nitrogen and oxygen atoms in total. The van der Waals surface area contributed by atoms with Crippen molar-refractivity contribution in [3.8, 4) is 0 Å². The standard InChI is InChI=1S/C45H69N5O8/c1-11-31(10)41(44(56)50-40(30(8)9)45(57)58-26-33-20-16-13-17-21-33)48-38(53)25-36(51)34(24-32-18-14-12-15-19-32)47-43(55)39(29(6)7)49-42(54)35(22-27(2)3)46-37(52)23-28(4)5/h12-21,27-31,34-36,39-41,51H,11,22-26H2,1-10H3,(H,46,52)(H,47,55)(H,48,53)(H,49,54)(H,50,56)/t31-,34-,35-,36-,39-,40-,41-/m0/s1. The number of aliphatic hydroxyl groups is 1. The Labute approximate surface area is 345 Å². The van der Waals surface area contributed by atoms with Crippen LogP contribution in [-0.4, -0.2) is 76.9 Å². The van der Waals surface area contributed by atoms with Gasteiger partial charge in [-0.25, -0.2) is 4.79 Å². The molecule has 0 saturated heterocycles. The van der Waals surface area contributed by atoms with E-state index in [4.69, 9.17) is 4.74 Å². The van der Waals surface area contributed by atoms with Gasteiger partial charge in [0.15, 0.2) is 0 Å². The van der Waals surface area contributed by atoms with Crippen molar-refractivity contribution in [2.24, 2.45) is 29.6 Å². The van der Waals surface area contributed by atoms with Crippen molar-refractivity contribution in [1.82, 2.24) is 26.6 Å². The minimum Gasteiger partial charge on any atom is -0.459 e. The van der Waals surface area contributed by atoms with Gasteiger partial charge < -0.3 is 36.4 Å². The number of hydrogen-bond acceptors (Lipinski definition) is 8. The molecule has 0 aliphatic heterocycles. The fourth-order valence-corrected chi connectivity index (χ4v) is 6.37. The summed E-state index contributed by atoms with van der Waals surface area (Å²) in [6.07, 6.45) is -0.528. The lowest BCUT2D eigenvalue weighted by Crippen LogP contribution is -2.59. The predicted molar refractivity (Wildman–Crippen MR) is 225 cm³/mol. The van der Waals surface area contributed by atoms with Crippen molar-refractivity contribution in [1.29, 1.82) is 0 Å². The topological polar surface area (TPSA) is 192 Å². The lowest BCUT2D eigenvalue weighted by atomic mass is 9.95. The highest BCUT2D eigenvalue weighted by atomic mass is 16.5. The lowest BCUT2D eigenvalue weighted by Gasteiger charge is -2.30. The van der Waals surface area contributed by atoms with Crippen LogP contribution in [0.3, 0.4) is 0 Å². The molecule has 0 bridgehead atoms. The Morgan fingerprint density at radius 1 is 0.586 bits per heavy atom. The van der Waals surface area contributed by atoms with Gasteiger partial charge in [0, 0.05) is 6.42 Å². The Morgan fingerprint density at radius 2 is 1.10 bits per heavy atom. The molecule has 0 spiro atoms. The number of carbonyl (C=O) groups is 6. The first-order valence-corrected chi connectivity index (χ1v) is 20.7. The molecule has 0 fully saturated rings. The molecule has 2 aromatic rings. The van der Waals surface area contributed by atoms with Crippen LogP contribution in [0.4, 0.5) is 0 Å². The Morgan fingerprint density at radius 3 is 1.62 bits per heavy atom. The van der Waals surface area contributed by atoms with Crippen LogP contribution in [0.25, 0.3) is 0 Å². The highest BCUT2D eigenvalue weighted by molar-refractivity contribution is 5.93. The number of nitrogens with one attached hydrogen (secondary N) is 5. The molecular weight excluding hydrogens is 739 g/mol. The quantitative estimate of drug-likeness (QED) is 0.0830. The summed E-state index contributed by atoms with van der Waals surface area (Å²) in [5.41, 5.74) is 1.59. The molecular formula is C45H69N5O8. The summed E-state index contributed by atoms with van der Waals surface area (Å²) in [5.74, 6) is -3.91. The fraction of sp³-hybridized carbons (Fsp3) is 0.600. The van der Waals surface area contributed by atoms with E-state index in [1.807, 2.05) is 95.3 Å². The van der Waals surface area contributed by atoms with Gasteiger partial charge in [-0.05, 0) is 53.6 Å². The third-order valence-corrected chi connectivity index (χ3v) is 9.94. The fourth-order valence-electron chi connectivity index (χ4n) is 6.37. The van der Waals surface area contributed by atoms with Crippen molar-refractivity contribution in [2.75, 3.05) is 0 Å². The van der Waals surface area contributed by atoms with E-state index in [9.17, 15) is 33.9 Å². The van der Waals surface area contributed by atoms with Gasteiger partial charge in [0.05, 0.1) is 18.6 Å². The van der Waals surface area contributed by atoms with Crippen LogP contribution >= 0.6 is 0 Å². The zero-order valence-corrected chi connectivity index (χ0v) is 36.2. The SMILES string of the molecule is CC[C@H](C)[C@H](NC(=O)C[C@H](O)[C@H](Cc1ccccc1)NC(=O)[C@@H](NC(=O)[C@H](CC(C)C)NC(=O)CC(C)C)C(C)C)C(=O)N[C@H](C(=O)OCc1ccccc1)C(C)C. The Hall–Kier alpha value is -4.78. The largest absolute Gasteiger partial charge is 0.459 e. The summed E-state index contributed by atoms with van der Waals surface area (Å²) in [6, 6.07) is 13.5. The maximum Gasteiger partial charge on any atom is 0.329 e. The molecule has 6 N–H and O–H groups in total. The van der Waals surface area contributed by atoms with E-state index in [0.29, 0.717) is 12.8 Å². The summed E-state index contributed by atoms with van der Waals surface area (Å²) >= 11 is 0. The zero-order chi connectivity index (χ0) is 43.5. The molecule has 7 atom stereocenters. The van der Waals surface area contributed by atoms with Crippen LogP contribution in [0.1, 0.15) is 106 Å². The Bertz CT molecular complexity index is 1600. The average Bonchev–Trinajstić information content (AvgIpc) is 3.16. The predicted octanol–water partition coefficient (Wildman–Crippen LogP) is 4.60. The van der Waals surface area contributed by atoms with Gasteiger partial charge in [0.25, 0.3) is 0 Å². The van der Waals surface area contributed by atoms with Gasteiger partial charge >= 0.3 is 5.97 Å². The van der Waals surface area contributed by atoms with E-state index < -0.39 is 72.3 Å². The number of ether oxygens (including phenoxy) is 1. The van der Waals surface area contributed by atoms with E-state index in [-0.39, 0.29) is 54.9 Å². The highest BCUT2D eigenvalue weighted by Crippen LogP contribution is 2.16. The van der Waals surface area contributed by atoms with Gasteiger partial charge in [-0.3, -0.25) is 24.0 Å². The van der Waals surface area contributed by atoms with Gasteiger partial charge in [-0.2, -0.15) is 0 Å². The lowest BCUT2D eigenvalue weighted by molar-refractivity contribution is -0.151. The van der Waals surface area contributed by atoms with Gasteiger partial charge in [0.2, 0.25) is 29.5 Å². The molecule has 0 radical (unpaired) electrons. The molecule has 0 saturated carbocycles. The van der Waals surface area contributed by atoms with Crippen molar-refractivity contribution in [3.63, 3.8) is 0 Å². The summed E-state index contributed by atoms with van der Waals surface area (Å²) in [5, 5.41) is 25.7. The summed E-state index contributed by atoms with van der Waals surface area (Å²) in [6.45, 7) is 18.6. The minimum atomic E-state index is -1.39. The first kappa shape index (κ1) is 49.4. The van der Waals surface area contributed by atoms with E-state index >= 15 is 0 Å². The van der Waals surface area contributed by atoms with Gasteiger partial charge in [-0.1, -0.05) is 136 Å². The molecule has 2 rings (SSSR count). The number of aliphatic hydroxyl groups excluding tert-OH is 1. The van der Waals surface area contributed by atoms with Crippen LogP contribution in [-0.2, 0) is 46.5 Å². The molecule has 0 unspecified atom stereocenters. The molecule has 13 heteroatoms. The molecule has 0 heterocycles. The molecule has 5 amide bonds. The van der Waals surface area contributed by atoms with Crippen molar-refractivity contribution in [3.05, 3.63) is 71.8 Å².